The van der Waals surface area contributed by atoms with E-state index in [-0.39, 0.29) is 6.10 Å². The molecular weight excluding hydrogens is 212 g/mol. The zero-order valence-electron chi connectivity index (χ0n) is 10.6. The Morgan fingerprint density at radius 1 is 1.29 bits per heavy atom. The second-order valence-corrected chi connectivity index (χ2v) is 4.80. The van der Waals surface area contributed by atoms with Crippen molar-refractivity contribution in [3.63, 3.8) is 0 Å². The van der Waals surface area contributed by atoms with Gasteiger partial charge in [-0.05, 0) is 30.4 Å². The summed E-state index contributed by atoms with van der Waals surface area (Å²) in [5.74, 6) is 0. The van der Waals surface area contributed by atoms with Gasteiger partial charge < -0.3 is 9.84 Å². The Balaban J connectivity index is 1.90. The molecule has 0 spiro atoms. The number of aliphatic hydroxyl groups is 1. The van der Waals surface area contributed by atoms with Crippen LogP contribution in [0.4, 0.5) is 0 Å². The molecule has 0 fully saturated rings. The maximum absolute atomic E-state index is 10.3. The summed E-state index contributed by atoms with van der Waals surface area (Å²) in [6, 6.07) is 8.14. The van der Waals surface area contributed by atoms with E-state index in [1.54, 1.807) is 0 Å². The summed E-state index contributed by atoms with van der Waals surface area (Å²) in [5.41, 5.74) is 2.33. The summed E-state index contributed by atoms with van der Waals surface area (Å²) in [5, 5.41) is 10.3. The van der Waals surface area contributed by atoms with Gasteiger partial charge in [0.2, 0.25) is 0 Å². The van der Waals surface area contributed by atoms with Gasteiger partial charge in [-0.15, -0.1) is 0 Å². The van der Waals surface area contributed by atoms with Crippen LogP contribution in [0.25, 0.3) is 0 Å². The number of hydrogen-bond donors (Lipinski definition) is 1. The molecule has 0 saturated heterocycles. The highest BCUT2D eigenvalue weighted by Gasteiger charge is 2.27. The Morgan fingerprint density at radius 2 is 2.12 bits per heavy atom. The van der Waals surface area contributed by atoms with E-state index in [2.05, 4.69) is 13.0 Å². The van der Waals surface area contributed by atoms with Crippen LogP contribution in [0.1, 0.15) is 49.8 Å². The molecule has 1 aromatic rings. The molecule has 0 aromatic heterocycles. The molecule has 0 aliphatic heterocycles. The van der Waals surface area contributed by atoms with Crippen molar-refractivity contribution in [2.24, 2.45) is 0 Å². The molecule has 0 radical (unpaired) electrons. The van der Waals surface area contributed by atoms with Crippen LogP contribution < -0.4 is 0 Å². The Kier molecular flexibility index (Phi) is 4.57. The number of aliphatic hydroxyl groups excluding tert-OH is 1. The van der Waals surface area contributed by atoms with E-state index in [4.69, 9.17) is 4.74 Å². The van der Waals surface area contributed by atoms with Crippen LogP contribution >= 0.6 is 0 Å². The van der Waals surface area contributed by atoms with Crippen LogP contribution in [-0.4, -0.2) is 17.8 Å². The number of unbranched alkanes of at least 4 members (excludes halogenated alkanes) is 2. The molecule has 2 nitrogen and oxygen atoms in total. The highest BCUT2D eigenvalue weighted by molar-refractivity contribution is 5.32. The van der Waals surface area contributed by atoms with Crippen molar-refractivity contribution >= 4 is 0 Å². The van der Waals surface area contributed by atoms with Crippen LogP contribution in [-0.2, 0) is 11.2 Å². The van der Waals surface area contributed by atoms with Crippen LogP contribution in [0.3, 0.4) is 0 Å². The SMILES string of the molecule is CCCCCOC1CCc2ccccc2C1O. The molecule has 17 heavy (non-hydrogen) atoms. The molecular formula is C15H22O2. The van der Waals surface area contributed by atoms with Gasteiger partial charge in [0.15, 0.2) is 0 Å². The molecule has 2 unspecified atom stereocenters. The molecule has 1 aliphatic rings. The van der Waals surface area contributed by atoms with Crippen molar-refractivity contribution in [2.75, 3.05) is 6.61 Å². The maximum atomic E-state index is 10.3. The predicted octanol–water partition coefficient (Wildman–Crippen LogP) is 3.24. The first-order chi connectivity index (χ1) is 8.33. The summed E-state index contributed by atoms with van der Waals surface area (Å²) in [6.45, 7) is 2.96. The molecule has 1 N–H and O–H groups in total. The summed E-state index contributed by atoms with van der Waals surface area (Å²) >= 11 is 0. The normalized spacial score (nSPS) is 23.4. The highest BCUT2D eigenvalue weighted by Crippen LogP contribution is 2.31. The van der Waals surface area contributed by atoms with Gasteiger partial charge in [-0.3, -0.25) is 0 Å². The second kappa shape index (κ2) is 6.18. The number of rotatable bonds is 5. The first-order valence-electron chi connectivity index (χ1n) is 6.70. The van der Waals surface area contributed by atoms with Crippen molar-refractivity contribution in [3.05, 3.63) is 35.4 Å². The van der Waals surface area contributed by atoms with Gasteiger partial charge in [0.1, 0.15) is 6.10 Å². The maximum Gasteiger partial charge on any atom is 0.105 e. The van der Waals surface area contributed by atoms with Crippen molar-refractivity contribution in [1.29, 1.82) is 0 Å². The van der Waals surface area contributed by atoms with E-state index in [0.29, 0.717) is 0 Å². The largest absolute Gasteiger partial charge is 0.386 e. The Labute approximate surface area is 104 Å². The van der Waals surface area contributed by atoms with E-state index < -0.39 is 6.10 Å². The molecule has 0 saturated carbocycles. The zero-order chi connectivity index (χ0) is 12.1. The lowest BCUT2D eigenvalue weighted by atomic mass is 9.87. The van der Waals surface area contributed by atoms with Gasteiger partial charge >= 0.3 is 0 Å². The zero-order valence-corrected chi connectivity index (χ0v) is 10.6. The predicted molar refractivity (Wildman–Crippen MR) is 69.0 cm³/mol. The van der Waals surface area contributed by atoms with Gasteiger partial charge in [0.05, 0.1) is 6.10 Å². The van der Waals surface area contributed by atoms with Crippen molar-refractivity contribution in [2.45, 2.75) is 51.2 Å². The number of fused-ring (bicyclic) bond motifs is 1. The van der Waals surface area contributed by atoms with E-state index >= 15 is 0 Å². The van der Waals surface area contributed by atoms with E-state index in [0.717, 1.165) is 31.4 Å². The average Bonchev–Trinajstić information content (AvgIpc) is 2.37. The standard InChI is InChI=1S/C15H22O2/c1-2-3-6-11-17-14-10-9-12-7-4-5-8-13(12)15(14)16/h4-5,7-8,14-16H,2-3,6,9-11H2,1H3. The van der Waals surface area contributed by atoms with E-state index in [1.165, 1.54) is 18.4 Å². The van der Waals surface area contributed by atoms with Crippen LogP contribution in [0.15, 0.2) is 24.3 Å². The quantitative estimate of drug-likeness (QED) is 0.792. The highest BCUT2D eigenvalue weighted by atomic mass is 16.5. The van der Waals surface area contributed by atoms with Gasteiger partial charge in [-0.2, -0.15) is 0 Å². The number of hydrogen-bond acceptors (Lipinski definition) is 2. The molecule has 2 rings (SSSR count). The fraction of sp³-hybridized carbons (Fsp3) is 0.600. The van der Waals surface area contributed by atoms with Gasteiger partial charge in [-0.25, -0.2) is 0 Å². The molecule has 2 atom stereocenters. The van der Waals surface area contributed by atoms with Gasteiger partial charge in [-0.1, -0.05) is 44.0 Å². The van der Waals surface area contributed by atoms with Crippen molar-refractivity contribution in [3.8, 4) is 0 Å². The minimum atomic E-state index is -0.443. The van der Waals surface area contributed by atoms with Crippen molar-refractivity contribution in [1.82, 2.24) is 0 Å². The lowest BCUT2D eigenvalue weighted by Crippen LogP contribution is -2.28. The Bertz CT molecular complexity index is 349. The van der Waals surface area contributed by atoms with Gasteiger partial charge in [0.25, 0.3) is 0 Å². The molecule has 94 valence electrons. The van der Waals surface area contributed by atoms with Crippen LogP contribution in [0.2, 0.25) is 0 Å². The second-order valence-electron chi connectivity index (χ2n) is 4.80. The third-order valence-corrected chi connectivity index (χ3v) is 3.50. The average molecular weight is 234 g/mol. The fourth-order valence-corrected chi connectivity index (χ4v) is 2.47. The molecule has 2 heteroatoms. The smallest absolute Gasteiger partial charge is 0.105 e. The third-order valence-electron chi connectivity index (χ3n) is 3.50. The molecule has 1 aromatic carbocycles. The lowest BCUT2D eigenvalue weighted by Gasteiger charge is -2.30. The minimum Gasteiger partial charge on any atom is -0.386 e. The summed E-state index contributed by atoms with van der Waals surface area (Å²) in [7, 11) is 0. The van der Waals surface area contributed by atoms with E-state index in [9.17, 15) is 5.11 Å². The summed E-state index contributed by atoms with van der Waals surface area (Å²) in [4.78, 5) is 0. The van der Waals surface area contributed by atoms with Gasteiger partial charge in [0, 0.05) is 6.61 Å². The topological polar surface area (TPSA) is 29.5 Å². The number of benzene rings is 1. The minimum absolute atomic E-state index is 0.0123. The Morgan fingerprint density at radius 3 is 2.94 bits per heavy atom. The first-order valence-corrected chi connectivity index (χ1v) is 6.70. The lowest BCUT2D eigenvalue weighted by molar-refractivity contribution is -0.0493. The molecule has 0 heterocycles. The monoisotopic (exact) mass is 234 g/mol. The molecule has 0 bridgehead atoms. The van der Waals surface area contributed by atoms with Crippen LogP contribution in [0.5, 0.6) is 0 Å². The third kappa shape index (κ3) is 3.08. The molecule has 0 amide bonds. The van der Waals surface area contributed by atoms with E-state index in [1.807, 2.05) is 18.2 Å². The Hall–Kier alpha value is -0.860. The van der Waals surface area contributed by atoms with Crippen molar-refractivity contribution < 1.29 is 9.84 Å². The van der Waals surface area contributed by atoms with Crippen LogP contribution in [0, 0.1) is 0 Å². The molecule has 1 aliphatic carbocycles. The number of aryl methyl sites for hydroxylation is 1. The summed E-state index contributed by atoms with van der Waals surface area (Å²) < 4.78 is 5.80. The number of ether oxygens (including phenoxy) is 1. The fourth-order valence-electron chi connectivity index (χ4n) is 2.47. The first kappa shape index (κ1) is 12.6. The summed E-state index contributed by atoms with van der Waals surface area (Å²) in [6.07, 6.45) is 5.01.